The summed E-state index contributed by atoms with van der Waals surface area (Å²) in [4.78, 5) is 41.8. The number of benzene rings is 2. The van der Waals surface area contributed by atoms with Crippen molar-refractivity contribution >= 4 is 78.9 Å². The highest BCUT2D eigenvalue weighted by molar-refractivity contribution is 14.1. The number of fused-ring (bicyclic) bond motifs is 1. The molecule has 0 fully saturated rings. The van der Waals surface area contributed by atoms with E-state index in [0.29, 0.717) is 28.1 Å². The van der Waals surface area contributed by atoms with E-state index in [1.54, 1.807) is 18.3 Å². The van der Waals surface area contributed by atoms with E-state index in [2.05, 4.69) is 75.0 Å². The van der Waals surface area contributed by atoms with Crippen LogP contribution in [0.2, 0.25) is 0 Å². The van der Waals surface area contributed by atoms with Gasteiger partial charge >= 0.3 is 5.97 Å². The maximum Gasteiger partial charge on any atom is 0.307 e. The standard InChI is InChI=1S/C24H24BrFIN7O4/c1-38-22(36)7-18(12-2-14(25)6-16(27)3-12)32-21(35)11-28-23(37)13-4-19(17-10-31-34-20(17)5-13)33-24-29-8-15(26)9-30-24/h2-6,10,15,18H,7-9,11H2,1H3,(H,28,37)(H,31,34)(H,32,35)(H2,29,30,33)/t18-/m0/s1. The van der Waals surface area contributed by atoms with Crippen LogP contribution < -0.4 is 21.3 Å². The highest BCUT2D eigenvalue weighted by Gasteiger charge is 2.21. The molecule has 0 aliphatic carbocycles. The molecule has 11 nitrogen and oxygen atoms in total. The molecular weight excluding hydrogens is 676 g/mol. The molecule has 2 atom stereocenters. The number of hydrogen-bond acceptors (Lipinski definition) is 8. The molecule has 0 saturated heterocycles. The fourth-order valence-corrected chi connectivity index (χ4v) is 5.44. The molecule has 3 aromatic rings. The number of aliphatic imine (C=N–C) groups is 1. The Labute approximate surface area is 239 Å². The van der Waals surface area contributed by atoms with Crippen molar-refractivity contribution in [3.63, 3.8) is 0 Å². The van der Waals surface area contributed by atoms with E-state index >= 15 is 0 Å². The van der Waals surface area contributed by atoms with Crippen molar-refractivity contribution in [3.8, 4) is 0 Å². The average molecular weight is 700 g/mol. The monoisotopic (exact) mass is 699 g/mol. The van der Waals surface area contributed by atoms with Crippen molar-refractivity contribution in [1.82, 2.24) is 26.1 Å². The summed E-state index contributed by atoms with van der Waals surface area (Å²) in [5.41, 5.74) is 2.11. The lowest BCUT2D eigenvalue weighted by Gasteiger charge is -2.20. The number of carbonyl (C=O) groups excluding carboxylic acids is 3. The number of nitrogens with one attached hydrogen (secondary N) is 5. The Morgan fingerprint density at radius 3 is 2.79 bits per heavy atom. The molecule has 5 N–H and O–H groups in total. The SMILES string of the molecule is COC(=O)C[C@H](NC(=O)CNC(=O)c1cc(NC2=NCC(F)CN2)c2cn[nH]c2c1)c1cc(Br)cc(I)c1. The molecule has 0 saturated carbocycles. The minimum Gasteiger partial charge on any atom is -0.469 e. The van der Waals surface area contributed by atoms with Gasteiger partial charge in [0.15, 0.2) is 5.96 Å². The minimum atomic E-state index is -1.06. The highest BCUT2D eigenvalue weighted by Crippen LogP contribution is 2.26. The first-order valence-corrected chi connectivity index (χ1v) is 13.4. The van der Waals surface area contributed by atoms with Gasteiger partial charge in [0.1, 0.15) is 6.17 Å². The molecule has 0 radical (unpaired) electrons. The predicted octanol–water partition coefficient (Wildman–Crippen LogP) is 2.79. The van der Waals surface area contributed by atoms with Crippen LogP contribution in [0.5, 0.6) is 0 Å². The number of alkyl halides is 1. The molecule has 38 heavy (non-hydrogen) atoms. The Morgan fingerprint density at radius 1 is 1.26 bits per heavy atom. The van der Waals surface area contributed by atoms with Gasteiger partial charge in [0.25, 0.3) is 5.91 Å². The lowest BCUT2D eigenvalue weighted by Crippen LogP contribution is -2.41. The van der Waals surface area contributed by atoms with Gasteiger partial charge in [-0.15, -0.1) is 0 Å². The molecule has 2 heterocycles. The Hall–Kier alpha value is -3.27. The summed E-state index contributed by atoms with van der Waals surface area (Å²) in [6, 6.07) is 8.11. The van der Waals surface area contributed by atoms with Crippen molar-refractivity contribution in [2.45, 2.75) is 18.6 Å². The Kier molecular flexibility index (Phi) is 9.14. The topological polar surface area (TPSA) is 150 Å². The number of hydrogen-bond donors (Lipinski definition) is 5. The number of esters is 1. The van der Waals surface area contributed by atoms with Crippen LogP contribution in [-0.2, 0) is 14.3 Å². The molecule has 14 heteroatoms. The summed E-state index contributed by atoms with van der Waals surface area (Å²) < 4.78 is 19.9. The quantitative estimate of drug-likeness (QED) is 0.179. The van der Waals surface area contributed by atoms with Crippen LogP contribution in [0.4, 0.5) is 10.1 Å². The number of guanidine groups is 1. The summed E-state index contributed by atoms with van der Waals surface area (Å²) in [5.74, 6) is -1.08. The van der Waals surface area contributed by atoms with Crippen LogP contribution >= 0.6 is 38.5 Å². The van der Waals surface area contributed by atoms with E-state index in [9.17, 15) is 18.8 Å². The lowest BCUT2D eigenvalue weighted by molar-refractivity contribution is -0.141. The first-order chi connectivity index (χ1) is 18.2. The number of halogens is 3. The predicted molar refractivity (Wildman–Crippen MR) is 152 cm³/mol. The van der Waals surface area contributed by atoms with Gasteiger partial charge in [-0.2, -0.15) is 5.10 Å². The smallest absolute Gasteiger partial charge is 0.307 e. The summed E-state index contributed by atoms with van der Waals surface area (Å²) in [6.45, 7) is -0.154. The summed E-state index contributed by atoms with van der Waals surface area (Å²) in [7, 11) is 1.28. The first kappa shape index (κ1) is 27.8. The van der Waals surface area contributed by atoms with E-state index < -0.39 is 30.0 Å². The average Bonchev–Trinajstić information content (AvgIpc) is 3.36. The minimum absolute atomic E-state index is 0.0369. The second kappa shape index (κ2) is 12.5. The van der Waals surface area contributed by atoms with Crippen LogP contribution in [0.1, 0.15) is 28.4 Å². The van der Waals surface area contributed by atoms with E-state index in [1.165, 1.54) is 7.11 Å². The van der Waals surface area contributed by atoms with Crippen molar-refractivity contribution in [2.24, 2.45) is 4.99 Å². The normalized spacial score (nSPS) is 15.7. The number of ether oxygens (including phenoxy) is 1. The van der Waals surface area contributed by atoms with Gasteiger partial charge in [0.05, 0.1) is 56.6 Å². The number of amides is 2. The summed E-state index contributed by atoms with van der Waals surface area (Å²) >= 11 is 5.57. The number of rotatable bonds is 8. The van der Waals surface area contributed by atoms with Crippen LogP contribution in [0.15, 0.2) is 46.0 Å². The van der Waals surface area contributed by atoms with Gasteiger partial charge < -0.3 is 26.0 Å². The van der Waals surface area contributed by atoms with E-state index in [-0.39, 0.29) is 31.6 Å². The maximum atomic E-state index is 13.4. The number of aromatic amines is 1. The van der Waals surface area contributed by atoms with Crippen molar-refractivity contribution in [3.05, 3.63) is 55.7 Å². The van der Waals surface area contributed by atoms with E-state index in [4.69, 9.17) is 4.74 Å². The maximum absolute atomic E-state index is 13.4. The second-order valence-electron chi connectivity index (χ2n) is 8.43. The fraction of sp³-hybridized carbons (Fsp3) is 0.292. The lowest BCUT2D eigenvalue weighted by atomic mass is 10.0. The molecule has 1 aromatic heterocycles. The second-order valence-corrected chi connectivity index (χ2v) is 10.6. The molecule has 1 unspecified atom stereocenters. The Morgan fingerprint density at radius 2 is 2.08 bits per heavy atom. The summed E-state index contributed by atoms with van der Waals surface area (Å²) in [6.07, 6.45) is 0.464. The number of H-pyrrole nitrogens is 1. The van der Waals surface area contributed by atoms with Crippen molar-refractivity contribution < 1.29 is 23.5 Å². The van der Waals surface area contributed by atoms with Crippen LogP contribution in [0, 0.1) is 3.57 Å². The zero-order chi connectivity index (χ0) is 27.2. The third-order valence-corrected chi connectivity index (χ3v) is 6.72. The van der Waals surface area contributed by atoms with Gasteiger partial charge in [0, 0.05) is 19.0 Å². The molecule has 4 rings (SSSR count). The first-order valence-electron chi connectivity index (χ1n) is 11.5. The van der Waals surface area contributed by atoms with Gasteiger partial charge in [-0.05, 0) is 58.5 Å². The van der Waals surface area contributed by atoms with Gasteiger partial charge in [-0.1, -0.05) is 15.9 Å². The van der Waals surface area contributed by atoms with Gasteiger partial charge in [-0.3, -0.25) is 19.5 Å². The number of anilines is 1. The molecule has 0 bridgehead atoms. The molecule has 1 aliphatic rings. The molecule has 0 spiro atoms. The van der Waals surface area contributed by atoms with E-state index in [1.807, 2.05) is 18.2 Å². The molecule has 1 aliphatic heterocycles. The van der Waals surface area contributed by atoms with Gasteiger partial charge in [-0.25, -0.2) is 9.38 Å². The third-order valence-electron chi connectivity index (χ3n) is 5.64. The third kappa shape index (κ3) is 7.18. The molecule has 200 valence electrons. The van der Waals surface area contributed by atoms with E-state index in [0.717, 1.165) is 8.04 Å². The zero-order valence-corrected chi connectivity index (χ0v) is 23.9. The Bertz CT molecular complexity index is 1380. The number of nitrogens with zero attached hydrogens (tertiary/aromatic N) is 2. The number of carbonyl (C=O) groups is 3. The summed E-state index contributed by atoms with van der Waals surface area (Å²) in [5, 5.41) is 18.9. The molecule has 2 aromatic carbocycles. The number of aromatic nitrogens is 2. The fourth-order valence-electron chi connectivity index (χ4n) is 3.80. The van der Waals surface area contributed by atoms with Crippen LogP contribution in [0.25, 0.3) is 10.9 Å². The van der Waals surface area contributed by atoms with Crippen LogP contribution in [-0.4, -0.2) is 66.9 Å². The van der Waals surface area contributed by atoms with Crippen molar-refractivity contribution in [1.29, 1.82) is 0 Å². The van der Waals surface area contributed by atoms with Crippen molar-refractivity contribution in [2.75, 3.05) is 32.1 Å². The largest absolute Gasteiger partial charge is 0.469 e. The number of methoxy groups -OCH3 is 1. The molecular formula is C24H24BrFIN7O4. The zero-order valence-electron chi connectivity index (χ0n) is 20.1. The Balaban J connectivity index is 1.44. The van der Waals surface area contributed by atoms with Gasteiger partial charge in [0.2, 0.25) is 5.91 Å². The molecule has 2 amide bonds. The highest BCUT2D eigenvalue weighted by atomic mass is 127. The van der Waals surface area contributed by atoms with Crippen LogP contribution in [0.3, 0.4) is 0 Å².